The average molecular weight is 227 g/mol. The molecule has 0 spiro atoms. The quantitative estimate of drug-likeness (QED) is 0.781. The Morgan fingerprint density at radius 1 is 1.50 bits per heavy atom. The van der Waals surface area contributed by atoms with Crippen LogP contribution in [0.2, 0.25) is 5.02 Å². The maximum absolute atomic E-state index is 10.5. The number of pyridine rings is 1. The lowest BCUT2D eigenvalue weighted by molar-refractivity contribution is 0.614. The van der Waals surface area contributed by atoms with E-state index in [4.69, 9.17) is 22.3 Å². The molecule has 4 nitrogen and oxygen atoms in total. The summed E-state index contributed by atoms with van der Waals surface area (Å²) in [6.45, 7) is 0. The van der Waals surface area contributed by atoms with Gasteiger partial charge in [0.05, 0.1) is 0 Å². The van der Waals surface area contributed by atoms with E-state index in [0.29, 0.717) is 5.02 Å². The van der Waals surface area contributed by atoms with E-state index >= 15 is 0 Å². The van der Waals surface area contributed by atoms with Crippen LogP contribution in [-0.4, -0.2) is 13.4 Å². The van der Waals surface area contributed by atoms with Gasteiger partial charge in [0, 0.05) is 28.0 Å². The highest BCUT2D eigenvalue weighted by Gasteiger charge is 2.04. The van der Waals surface area contributed by atoms with E-state index in [9.17, 15) is 8.42 Å². The molecule has 66 valence electrons. The van der Waals surface area contributed by atoms with Gasteiger partial charge >= 0.3 is 9.24 Å². The lowest BCUT2D eigenvalue weighted by atomic mass is 10.5. The van der Waals surface area contributed by atoms with E-state index in [0.717, 1.165) is 0 Å². The van der Waals surface area contributed by atoms with E-state index in [1.807, 2.05) is 4.72 Å². The van der Waals surface area contributed by atoms with Crippen LogP contribution in [-0.2, 0) is 9.24 Å². The smallest absolute Gasteiger partial charge is 0.254 e. The molecule has 1 heterocycles. The molecule has 0 aliphatic heterocycles. The number of halogens is 2. The van der Waals surface area contributed by atoms with Crippen LogP contribution < -0.4 is 4.72 Å². The van der Waals surface area contributed by atoms with E-state index < -0.39 is 9.24 Å². The topological polar surface area (TPSA) is 59.1 Å². The van der Waals surface area contributed by atoms with Crippen molar-refractivity contribution in [3.63, 3.8) is 0 Å². The molecule has 0 saturated heterocycles. The SMILES string of the molecule is O=S(=O)(Cl)Nc1cc(Cl)ccn1. The third kappa shape index (κ3) is 3.25. The molecule has 0 unspecified atom stereocenters. The van der Waals surface area contributed by atoms with Gasteiger partial charge in [-0.1, -0.05) is 11.6 Å². The fourth-order valence-corrected chi connectivity index (χ4v) is 1.34. The van der Waals surface area contributed by atoms with Crippen molar-refractivity contribution < 1.29 is 8.42 Å². The van der Waals surface area contributed by atoms with Gasteiger partial charge in [-0.15, -0.1) is 0 Å². The van der Waals surface area contributed by atoms with E-state index in [-0.39, 0.29) is 5.82 Å². The summed E-state index contributed by atoms with van der Waals surface area (Å²) in [4.78, 5) is 3.67. The van der Waals surface area contributed by atoms with Gasteiger partial charge < -0.3 is 0 Å². The van der Waals surface area contributed by atoms with Crippen molar-refractivity contribution in [1.29, 1.82) is 0 Å². The number of hydrogen-bond acceptors (Lipinski definition) is 3. The first-order chi connectivity index (χ1) is 5.47. The number of nitrogens with one attached hydrogen (secondary N) is 1. The van der Waals surface area contributed by atoms with Crippen LogP contribution in [0.4, 0.5) is 5.82 Å². The van der Waals surface area contributed by atoms with Gasteiger partial charge in [0.15, 0.2) is 0 Å². The first kappa shape index (κ1) is 9.57. The van der Waals surface area contributed by atoms with Crippen molar-refractivity contribution in [1.82, 2.24) is 4.98 Å². The van der Waals surface area contributed by atoms with E-state index in [1.54, 1.807) is 0 Å². The molecule has 1 N–H and O–H groups in total. The Hall–Kier alpha value is -0.520. The van der Waals surface area contributed by atoms with Crippen molar-refractivity contribution in [3.8, 4) is 0 Å². The van der Waals surface area contributed by atoms with Crippen LogP contribution in [0.5, 0.6) is 0 Å². The predicted molar refractivity (Wildman–Crippen MR) is 47.6 cm³/mol. The highest BCUT2D eigenvalue weighted by Crippen LogP contribution is 2.13. The summed E-state index contributed by atoms with van der Waals surface area (Å²) < 4.78 is 22.9. The molecule has 0 saturated carbocycles. The number of anilines is 1. The third-order valence-corrected chi connectivity index (χ3v) is 1.87. The molecule has 0 aliphatic rings. The zero-order valence-electron chi connectivity index (χ0n) is 5.66. The molecular weight excluding hydrogens is 223 g/mol. The van der Waals surface area contributed by atoms with Crippen LogP contribution in [0.25, 0.3) is 0 Å². The maximum atomic E-state index is 10.5. The second kappa shape index (κ2) is 3.47. The van der Waals surface area contributed by atoms with Crippen LogP contribution in [0.15, 0.2) is 18.3 Å². The molecule has 1 aromatic rings. The van der Waals surface area contributed by atoms with Gasteiger partial charge in [-0.25, -0.2) is 4.98 Å². The molecule has 1 aromatic heterocycles. The van der Waals surface area contributed by atoms with E-state index in [1.165, 1.54) is 18.3 Å². The molecule has 0 aromatic carbocycles. The van der Waals surface area contributed by atoms with Crippen molar-refractivity contribution >= 4 is 37.3 Å². The molecule has 12 heavy (non-hydrogen) atoms. The predicted octanol–water partition coefficient (Wildman–Crippen LogP) is 1.63. The van der Waals surface area contributed by atoms with Crippen LogP contribution in [0, 0.1) is 0 Å². The zero-order valence-corrected chi connectivity index (χ0v) is 7.99. The van der Waals surface area contributed by atoms with Crippen LogP contribution in [0.1, 0.15) is 0 Å². The summed E-state index contributed by atoms with van der Waals surface area (Å²) in [5, 5.41) is 0.382. The summed E-state index contributed by atoms with van der Waals surface area (Å²) in [5.74, 6) is 0.0949. The monoisotopic (exact) mass is 226 g/mol. The first-order valence-corrected chi connectivity index (χ1v) is 5.50. The van der Waals surface area contributed by atoms with Gasteiger partial charge in [0.25, 0.3) is 0 Å². The molecule has 0 fully saturated rings. The fourth-order valence-electron chi connectivity index (χ4n) is 0.585. The Kier molecular flexibility index (Phi) is 2.76. The van der Waals surface area contributed by atoms with Crippen LogP contribution >= 0.6 is 22.3 Å². The van der Waals surface area contributed by atoms with Crippen LogP contribution in [0.3, 0.4) is 0 Å². The molecule has 1 rings (SSSR count). The summed E-state index contributed by atoms with van der Waals surface area (Å²) in [5.41, 5.74) is 0. The van der Waals surface area contributed by atoms with Gasteiger partial charge in [-0.05, 0) is 6.07 Å². The standard InChI is InChI=1S/C5H4Cl2N2O2S/c6-4-1-2-8-5(3-4)9-12(7,10)11/h1-3H,(H,8,9). The molecular formula is C5H4Cl2N2O2S. The van der Waals surface area contributed by atoms with Crippen molar-refractivity contribution in [3.05, 3.63) is 23.4 Å². The molecule has 0 atom stereocenters. The second-order valence-corrected chi connectivity index (χ2v) is 4.63. The van der Waals surface area contributed by atoms with Crippen molar-refractivity contribution in [2.24, 2.45) is 0 Å². The Morgan fingerprint density at radius 3 is 2.67 bits per heavy atom. The number of rotatable bonds is 2. The summed E-state index contributed by atoms with van der Waals surface area (Å²) >= 11 is 5.56. The molecule has 0 radical (unpaired) electrons. The van der Waals surface area contributed by atoms with Crippen molar-refractivity contribution in [2.75, 3.05) is 4.72 Å². The number of hydrogen-bond donors (Lipinski definition) is 1. The molecule has 7 heteroatoms. The Balaban J connectivity index is 2.91. The minimum atomic E-state index is -3.79. The lowest BCUT2D eigenvalue weighted by Crippen LogP contribution is -2.05. The summed E-state index contributed by atoms with van der Waals surface area (Å²) in [6, 6.07) is 2.87. The summed E-state index contributed by atoms with van der Waals surface area (Å²) in [7, 11) is 1.11. The first-order valence-electron chi connectivity index (χ1n) is 2.81. The lowest BCUT2D eigenvalue weighted by Gasteiger charge is -1.99. The third-order valence-electron chi connectivity index (χ3n) is 0.948. The number of nitrogens with zero attached hydrogens (tertiary/aromatic N) is 1. The maximum Gasteiger partial charge on any atom is 0.320 e. The van der Waals surface area contributed by atoms with Gasteiger partial charge in [0.1, 0.15) is 5.82 Å². The average Bonchev–Trinajstić information content (AvgIpc) is 1.82. The Labute approximate surface area is 79.1 Å². The fraction of sp³-hybridized carbons (Fsp3) is 0. The van der Waals surface area contributed by atoms with Gasteiger partial charge in [-0.2, -0.15) is 8.42 Å². The second-order valence-electron chi connectivity index (χ2n) is 1.90. The molecule has 0 bridgehead atoms. The molecule has 0 aliphatic carbocycles. The highest BCUT2D eigenvalue weighted by molar-refractivity contribution is 8.14. The van der Waals surface area contributed by atoms with Gasteiger partial charge in [-0.3, -0.25) is 4.72 Å². The Morgan fingerprint density at radius 2 is 2.17 bits per heavy atom. The zero-order chi connectivity index (χ0) is 9.19. The minimum absolute atomic E-state index is 0.0949. The Bertz CT molecular complexity index is 379. The largest absolute Gasteiger partial charge is 0.320 e. The van der Waals surface area contributed by atoms with Crippen molar-refractivity contribution in [2.45, 2.75) is 0 Å². The normalized spacial score (nSPS) is 11.2. The van der Waals surface area contributed by atoms with E-state index in [2.05, 4.69) is 4.98 Å². The van der Waals surface area contributed by atoms with Gasteiger partial charge in [0.2, 0.25) is 0 Å². The summed E-state index contributed by atoms with van der Waals surface area (Å²) in [6.07, 6.45) is 1.37. The highest BCUT2D eigenvalue weighted by atomic mass is 35.7. The number of aromatic nitrogens is 1. The molecule has 0 amide bonds. The minimum Gasteiger partial charge on any atom is -0.254 e.